The van der Waals surface area contributed by atoms with E-state index >= 15 is 0 Å². The van der Waals surface area contributed by atoms with Gasteiger partial charge in [0.2, 0.25) is 5.78 Å². The van der Waals surface area contributed by atoms with Crippen LogP contribution in [0.1, 0.15) is 28.8 Å². The first-order valence-corrected chi connectivity index (χ1v) is 9.95. The highest BCUT2D eigenvalue weighted by Gasteiger charge is 2.34. The zero-order valence-corrected chi connectivity index (χ0v) is 17.6. The molecule has 1 aliphatic carbocycles. The summed E-state index contributed by atoms with van der Waals surface area (Å²) in [6.45, 7) is -0.901. The first kappa shape index (κ1) is 26.1. The number of aliphatic hydroxyl groups is 7. The molecule has 176 valence electrons. The van der Waals surface area contributed by atoms with Gasteiger partial charge in [0, 0.05) is 30.0 Å². The van der Waals surface area contributed by atoms with Crippen LogP contribution < -0.4 is 0 Å². The largest absolute Gasteiger partial charge is 0.508 e. The Balaban J connectivity index is 0.000000257. The molecule has 0 aromatic heterocycles. The Morgan fingerprint density at radius 3 is 2.03 bits per heavy atom. The van der Waals surface area contributed by atoms with E-state index in [0.29, 0.717) is 11.1 Å². The van der Waals surface area contributed by atoms with Crippen molar-refractivity contribution in [2.24, 2.45) is 0 Å². The number of allylic oxidation sites excluding steroid dienone is 1. The lowest BCUT2D eigenvalue weighted by molar-refractivity contribution is -0.189. The fourth-order valence-electron chi connectivity index (χ4n) is 2.97. The lowest BCUT2D eigenvalue weighted by Gasteiger charge is -2.23. The molecule has 0 aliphatic heterocycles. The van der Waals surface area contributed by atoms with E-state index in [9.17, 15) is 40.2 Å². The van der Waals surface area contributed by atoms with Crippen LogP contribution >= 0.6 is 0 Å². The summed E-state index contributed by atoms with van der Waals surface area (Å²) >= 11 is 0. The van der Waals surface area contributed by atoms with E-state index in [2.05, 4.69) is 0 Å². The third kappa shape index (κ3) is 7.16. The second-order valence-electron chi connectivity index (χ2n) is 7.41. The average Bonchev–Trinajstić information content (AvgIpc) is 2.81. The summed E-state index contributed by atoms with van der Waals surface area (Å²) in [7, 11) is 0. The predicted octanol–water partition coefficient (Wildman–Crippen LogP) is 0.459. The van der Waals surface area contributed by atoms with Crippen LogP contribution in [-0.4, -0.2) is 65.8 Å². The number of aliphatic hydroxyl groups excluding tert-OH is 3. The molecule has 0 fully saturated rings. The fourth-order valence-corrected chi connectivity index (χ4v) is 2.97. The van der Waals surface area contributed by atoms with Crippen molar-refractivity contribution in [2.75, 3.05) is 6.61 Å². The zero-order chi connectivity index (χ0) is 24.6. The molecular formula is C24H26O9. The van der Waals surface area contributed by atoms with Crippen molar-refractivity contribution in [3.05, 3.63) is 95.3 Å². The molecule has 0 heterocycles. The Hall–Kier alpha value is -3.18. The van der Waals surface area contributed by atoms with Gasteiger partial charge in [0.05, 0.1) is 0 Å². The number of hydrogen-bond donors (Lipinski definition) is 7. The summed E-state index contributed by atoms with van der Waals surface area (Å²) in [6, 6.07) is 16.0. The van der Waals surface area contributed by atoms with Crippen LogP contribution in [0.5, 0.6) is 0 Å². The van der Waals surface area contributed by atoms with Gasteiger partial charge in [-0.2, -0.15) is 0 Å². The molecule has 0 bridgehead atoms. The Morgan fingerprint density at radius 2 is 1.52 bits per heavy atom. The van der Waals surface area contributed by atoms with Crippen LogP contribution in [0, 0.1) is 0 Å². The molecule has 3 rings (SSSR count). The van der Waals surface area contributed by atoms with Crippen molar-refractivity contribution < 1.29 is 45.3 Å². The van der Waals surface area contributed by atoms with Crippen LogP contribution in [0.15, 0.2) is 84.1 Å². The quantitative estimate of drug-likeness (QED) is 0.229. The van der Waals surface area contributed by atoms with Crippen LogP contribution in [0.3, 0.4) is 0 Å². The third-order valence-electron chi connectivity index (χ3n) is 4.83. The first-order chi connectivity index (χ1) is 15.5. The number of rotatable bonds is 7. The van der Waals surface area contributed by atoms with Crippen molar-refractivity contribution in [1.29, 1.82) is 0 Å². The second kappa shape index (κ2) is 11.1. The standard InChI is InChI=1S/C15H16O5.C9H10O4/c16-12(14(18)10-4-2-1-3-5-10)8-11-6-7-15(19,20)9-13(11)17;10-6-8(11)9(12,13)7-4-2-1-3-5-7/h1-6,9,12,16-17,19-20H,7-8H2;1-5,10,12-13H,6H2. The molecule has 1 aliphatic rings. The summed E-state index contributed by atoms with van der Waals surface area (Å²) in [5.74, 6) is -6.48. The molecule has 0 amide bonds. The number of hydrogen-bond acceptors (Lipinski definition) is 9. The molecule has 9 heteroatoms. The molecule has 0 spiro atoms. The number of Topliss-reactive ketones (excluding diaryl/α,β-unsaturated/α-hetero) is 2. The van der Waals surface area contributed by atoms with Gasteiger partial charge in [0.1, 0.15) is 18.5 Å². The molecule has 0 radical (unpaired) electrons. The summed E-state index contributed by atoms with van der Waals surface area (Å²) in [5.41, 5.74) is 0.757. The number of carbonyl (C=O) groups excluding carboxylic acids is 2. The molecule has 1 atom stereocenters. The van der Waals surface area contributed by atoms with Crippen LogP contribution in [0.25, 0.3) is 0 Å². The topological polar surface area (TPSA) is 176 Å². The van der Waals surface area contributed by atoms with Crippen molar-refractivity contribution >= 4 is 11.6 Å². The van der Waals surface area contributed by atoms with Gasteiger partial charge in [-0.25, -0.2) is 0 Å². The zero-order valence-electron chi connectivity index (χ0n) is 17.6. The molecule has 33 heavy (non-hydrogen) atoms. The van der Waals surface area contributed by atoms with Crippen LogP contribution in [0.2, 0.25) is 0 Å². The average molecular weight is 458 g/mol. The summed E-state index contributed by atoms with van der Waals surface area (Å²) in [6.07, 6.45) is 0.827. The molecule has 9 nitrogen and oxygen atoms in total. The van der Waals surface area contributed by atoms with E-state index in [-0.39, 0.29) is 24.2 Å². The molecule has 2 aromatic carbocycles. The van der Waals surface area contributed by atoms with Gasteiger partial charge in [-0.3, -0.25) is 9.59 Å². The van der Waals surface area contributed by atoms with Gasteiger partial charge in [-0.15, -0.1) is 0 Å². The number of benzene rings is 2. The Kier molecular flexibility index (Phi) is 8.77. The molecule has 2 aromatic rings. The minimum atomic E-state index is -2.59. The lowest BCUT2D eigenvalue weighted by atomic mass is 9.93. The normalized spacial score (nSPS) is 15.9. The van der Waals surface area contributed by atoms with E-state index in [0.717, 1.165) is 6.08 Å². The molecule has 7 N–H and O–H groups in total. The Labute approximate surface area is 189 Å². The Morgan fingerprint density at radius 1 is 0.970 bits per heavy atom. The summed E-state index contributed by atoms with van der Waals surface area (Å²) < 4.78 is 0. The van der Waals surface area contributed by atoms with Crippen molar-refractivity contribution in [2.45, 2.75) is 30.5 Å². The van der Waals surface area contributed by atoms with E-state index in [1.807, 2.05) is 0 Å². The summed E-state index contributed by atoms with van der Waals surface area (Å²) in [4.78, 5) is 22.9. The van der Waals surface area contributed by atoms with E-state index in [1.165, 1.54) is 18.2 Å². The Bertz CT molecular complexity index is 1010. The maximum atomic E-state index is 12.0. The SMILES string of the molecule is O=C(CO)C(O)(O)c1ccccc1.O=C(c1ccccc1)C(O)CC1=CCC(O)(O)C=C1O. The highest BCUT2D eigenvalue weighted by molar-refractivity contribution is 5.99. The third-order valence-corrected chi connectivity index (χ3v) is 4.83. The van der Waals surface area contributed by atoms with Gasteiger partial charge in [-0.05, 0) is 5.57 Å². The van der Waals surface area contributed by atoms with Crippen molar-refractivity contribution in [3.8, 4) is 0 Å². The molecule has 1 unspecified atom stereocenters. The lowest BCUT2D eigenvalue weighted by Crippen LogP contribution is -2.37. The molecular weight excluding hydrogens is 432 g/mol. The van der Waals surface area contributed by atoms with Crippen molar-refractivity contribution in [3.63, 3.8) is 0 Å². The summed E-state index contributed by atoms with van der Waals surface area (Å²) in [5, 5.41) is 65.3. The first-order valence-electron chi connectivity index (χ1n) is 9.95. The van der Waals surface area contributed by atoms with Gasteiger partial charge in [0.15, 0.2) is 11.6 Å². The highest BCUT2D eigenvalue weighted by Crippen LogP contribution is 2.26. The van der Waals surface area contributed by atoms with Gasteiger partial charge in [0.25, 0.3) is 5.79 Å². The van der Waals surface area contributed by atoms with E-state index < -0.39 is 35.9 Å². The second-order valence-corrected chi connectivity index (χ2v) is 7.41. The van der Waals surface area contributed by atoms with Gasteiger partial charge in [-0.1, -0.05) is 66.7 Å². The smallest absolute Gasteiger partial charge is 0.253 e. The van der Waals surface area contributed by atoms with Gasteiger partial charge >= 0.3 is 0 Å². The fraction of sp³-hybridized carbons (Fsp3) is 0.250. The van der Waals surface area contributed by atoms with Crippen LogP contribution in [0.4, 0.5) is 0 Å². The monoisotopic (exact) mass is 458 g/mol. The van der Waals surface area contributed by atoms with Crippen molar-refractivity contribution in [1.82, 2.24) is 0 Å². The predicted molar refractivity (Wildman–Crippen MR) is 117 cm³/mol. The molecule has 0 saturated heterocycles. The number of ketones is 2. The van der Waals surface area contributed by atoms with E-state index in [4.69, 9.17) is 5.11 Å². The maximum absolute atomic E-state index is 12.0. The van der Waals surface area contributed by atoms with Crippen LogP contribution in [-0.2, 0) is 10.6 Å². The van der Waals surface area contributed by atoms with E-state index in [1.54, 1.807) is 48.5 Å². The minimum Gasteiger partial charge on any atom is -0.508 e. The molecule has 0 saturated carbocycles. The maximum Gasteiger partial charge on any atom is 0.253 e. The van der Waals surface area contributed by atoms with Gasteiger partial charge < -0.3 is 35.7 Å². The highest BCUT2D eigenvalue weighted by atomic mass is 16.5. The number of carbonyl (C=O) groups is 2. The minimum absolute atomic E-state index is 0.0500.